The van der Waals surface area contributed by atoms with E-state index in [9.17, 15) is 9.59 Å². The van der Waals surface area contributed by atoms with E-state index >= 15 is 0 Å². The average Bonchev–Trinajstić information content (AvgIpc) is 2.70. The molecule has 3 amide bonds. The Kier molecular flexibility index (Phi) is 9.11. The molecule has 1 aliphatic heterocycles. The Bertz CT molecular complexity index is 669. The lowest BCUT2D eigenvalue weighted by Gasteiger charge is -2.35. The third-order valence-corrected chi connectivity index (χ3v) is 5.47. The Labute approximate surface area is 175 Å². The van der Waals surface area contributed by atoms with Gasteiger partial charge in [0.15, 0.2) is 5.16 Å². The zero-order valence-corrected chi connectivity index (χ0v) is 18.3. The van der Waals surface area contributed by atoms with Crippen molar-refractivity contribution in [2.24, 2.45) is 0 Å². The minimum atomic E-state index is -0.0452. The van der Waals surface area contributed by atoms with Crippen molar-refractivity contribution >= 4 is 41.1 Å². The fraction of sp³-hybridized carbons (Fsp3) is 0.667. The van der Waals surface area contributed by atoms with Crippen LogP contribution in [0.5, 0.6) is 0 Å². The zero-order valence-electron chi connectivity index (χ0n) is 16.7. The molecule has 1 aromatic heterocycles. The molecule has 1 saturated heterocycles. The average molecular weight is 429 g/mol. The van der Waals surface area contributed by atoms with Gasteiger partial charge in [0, 0.05) is 44.8 Å². The third-order valence-electron chi connectivity index (χ3n) is 4.43. The highest BCUT2D eigenvalue weighted by atomic mass is 35.5. The number of amides is 3. The number of hydrogen-bond acceptors (Lipinski definition) is 6. The Hall–Kier alpha value is -1.74. The van der Waals surface area contributed by atoms with Gasteiger partial charge in [0.2, 0.25) is 5.91 Å². The number of nitrogens with one attached hydrogen (secondary N) is 2. The van der Waals surface area contributed by atoms with Crippen molar-refractivity contribution in [1.82, 2.24) is 25.5 Å². The molecule has 10 heteroatoms. The monoisotopic (exact) mass is 428 g/mol. The molecule has 8 nitrogen and oxygen atoms in total. The van der Waals surface area contributed by atoms with E-state index in [1.807, 2.05) is 25.7 Å². The lowest BCUT2D eigenvalue weighted by molar-refractivity contribution is -0.119. The fourth-order valence-electron chi connectivity index (χ4n) is 2.64. The summed E-state index contributed by atoms with van der Waals surface area (Å²) in [5.74, 6) is 0.921. The van der Waals surface area contributed by atoms with E-state index in [0.29, 0.717) is 43.0 Å². The molecule has 0 aromatic carbocycles. The van der Waals surface area contributed by atoms with E-state index in [-0.39, 0.29) is 23.7 Å². The van der Waals surface area contributed by atoms with E-state index in [1.165, 1.54) is 11.8 Å². The quantitative estimate of drug-likeness (QED) is 0.375. The number of urea groups is 1. The van der Waals surface area contributed by atoms with Crippen molar-refractivity contribution in [2.45, 2.75) is 44.8 Å². The summed E-state index contributed by atoms with van der Waals surface area (Å²) in [5.41, 5.74) is 0. The van der Waals surface area contributed by atoms with E-state index < -0.39 is 0 Å². The number of rotatable bonds is 8. The SMILES string of the molecule is CCCNC(=O)N1CCN(c2cc(Cl)nc(SCC(=O)N[C@@H](C)CC)n2)CC1. The van der Waals surface area contributed by atoms with Crippen molar-refractivity contribution in [3.05, 3.63) is 11.2 Å². The van der Waals surface area contributed by atoms with Crippen LogP contribution in [0.4, 0.5) is 10.6 Å². The van der Waals surface area contributed by atoms with E-state index in [1.54, 1.807) is 6.07 Å². The van der Waals surface area contributed by atoms with Crippen LogP contribution < -0.4 is 15.5 Å². The van der Waals surface area contributed by atoms with Crippen LogP contribution in [0, 0.1) is 0 Å². The minimum absolute atomic E-state index is 0.0224. The Morgan fingerprint density at radius 3 is 2.61 bits per heavy atom. The fourth-order valence-corrected chi connectivity index (χ4v) is 3.54. The lowest BCUT2D eigenvalue weighted by atomic mass is 10.3. The Morgan fingerprint density at radius 2 is 1.96 bits per heavy atom. The highest BCUT2D eigenvalue weighted by Crippen LogP contribution is 2.22. The Balaban J connectivity index is 1.91. The minimum Gasteiger partial charge on any atom is -0.353 e. The maximum absolute atomic E-state index is 12.1. The molecular formula is C18H29ClN6O2S. The number of carbonyl (C=O) groups excluding carboxylic acids is 2. The van der Waals surface area contributed by atoms with Crippen LogP contribution in [-0.4, -0.2) is 71.3 Å². The number of anilines is 1. The first kappa shape index (κ1) is 22.5. The largest absolute Gasteiger partial charge is 0.353 e. The highest BCUT2D eigenvalue weighted by Gasteiger charge is 2.22. The summed E-state index contributed by atoms with van der Waals surface area (Å²) in [6, 6.07) is 1.85. The van der Waals surface area contributed by atoms with Crippen molar-refractivity contribution in [2.75, 3.05) is 43.4 Å². The predicted molar refractivity (Wildman–Crippen MR) is 113 cm³/mol. The summed E-state index contributed by atoms with van der Waals surface area (Å²) in [4.78, 5) is 36.7. The molecule has 0 spiro atoms. The van der Waals surface area contributed by atoms with Crippen LogP contribution in [0.25, 0.3) is 0 Å². The van der Waals surface area contributed by atoms with Gasteiger partial charge >= 0.3 is 6.03 Å². The summed E-state index contributed by atoms with van der Waals surface area (Å²) in [7, 11) is 0. The summed E-state index contributed by atoms with van der Waals surface area (Å²) < 4.78 is 0. The molecule has 0 aliphatic carbocycles. The molecule has 2 heterocycles. The molecule has 0 unspecified atom stereocenters. The van der Waals surface area contributed by atoms with Crippen LogP contribution >= 0.6 is 23.4 Å². The second-order valence-electron chi connectivity index (χ2n) is 6.70. The normalized spacial score (nSPS) is 15.3. The van der Waals surface area contributed by atoms with Crippen LogP contribution in [0.1, 0.15) is 33.6 Å². The van der Waals surface area contributed by atoms with Crippen LogP contribution in [0.2, 0.25) is 5.15 Å². The molecule has 28 heavy (non-hydrogen) atoms. The van der Waals surface area contributed by atoms with Crippen LogP contribution in [0.15, 0.2) is 11.2 Å². The van der Waals surface area contributed by atoms with Gasteiger partial charge in [-0.15, -0.1) is 0 Å². The zero-order chi connectivity index (χ0) is 20.5. The van der Waals surface area contributed by atoms with Gasteiger partial charge in [0.05, 0.1) is 5.75 Å². The second-order valence-corrected chi connectivity index (χ2v) is 8.03. The van der Waals surface area contributed by atoms with Gasteiger partial charge in [-0.2, -0.15) is 0 Å². The molecule has 2 N–H and O–H groups in total. The number of halogens is 1. The molecule has 1 aromatic rings. The van der Waals surface area contributed by atoms with E-state index in [0.717, 1.165) is 18.7 Å². The van der Waals surface area contributed by atoms with Crippen molar-refractivity contribution in [3.8, 4) is 0 Å². The summed E-state index contributed by atoms with van der Waals surface area (Å²) >= 11 is 7.43. The number of carbonyl (C=O) groups is 2. The van der Waals surface area contributed by atoms with Gasteiger partial charge in [-0.3, -0.25) is 4.79 Å². The number of nitrogens with zero attached hydrogens (tertiary/aromatic N) is 4. The second kappa shape index (κ2) is 11.3. The number of piperazine rings is 1. The molecule has 1 atom stereocenters. The maximum atomic E-state index is 12.1. The predicted octanol–water partition coefficient (Wildman–Crippen LogP) is 2.38. The van der Waals surface area contributed by atoms with Crippen molar-refractivity contribution < 1.29 is 9.59 Å². The summed E-state index contributed by atoms with van der Waals surface area (Å²) in [6.07, 6.45) is 1.80. The van der Waals surface area contributed by atoms with E-state index in [2.05, 4.69) is 25.5 Å². The van der Waals surface area contributed by atoms with Gasteiger partial charge in [-0.25, -0.2) is 14.8 Å². The first-order valence-corrected chi connectivity index (χ1v) is 11.0. The maximum Gasteiger partial charge on any atom is 0.317 e. The van der Waals surface area contributed by atoms with Gasteiger partial charge in [-0.05, 0) is 19.8 Å². The molecule has 0 bridgehead atoms. The third kappa shape index (κ3) is 7.01. The molecule has 0 radical (unpaired) electrons. The summed E-state index contributed by atoms with van der Waals surface area (Å²) in [6.45, 7) is 9.30. The van der Waals surface area contributed by atoms with Gasteiger partial charge < -0.3 is 20.4 Å². The van der Waals surface area contributed by atoms with Crippen molar-refractivity contribution in [3.63, 3.8) is 0 Å². The van der Waals surface area contributed by atoms with E-state index in [4.69, 9.17) is 11.6 Å². The Morgan fingerprint density at radius 1 is 1.25 bits per heavy atom. The number of thioether (sulfide) groups is 1. The van der Waals surface area contributed by atoms with Gasteiger partial charge in [0.1, 0.15) is 11.0 Å². The number of aromatic nitrogens is 2. The molecule has 156 valence electrons. The first-order chi connectivity index (χ1) is 13.4. The topological polar surface area (TPSA) is 90.5 Å². The standard InChI is InChI=1S/C18H29ClN6O2S/c1-4-6-20-18(27)25-9-7-24(8-10-25)15-11-14(19)22-17(23-15)28-12-16(26)21-13(3)5-2/h11,13H,4-10,12H2,1-3H3,(H,20,27)(H,21,26)/t13-/m0/s1. The molecule has 1 fully saturated rings. The van der Waals surface area contributed by atoms with Crippen LogP contribution in [-0.2, 0) is 4.79 Å². The van der Waals surface area contributed by atoms with Gasteiger partial charge in [-0.1, -0.05) is 37.2 Å². The highest BCUT2D eigenvalue weighted by molar-refractivity contribution is 7.99. The number of hydrogen-bond donors (Lipinski definition) is 2. The molecule has 1 aliphatic rings. The van der Waals surface area contributed by atoms with Crippen molar-refractivity contribution in [1.29, 1.82) is 0 Å². The molecule has 0 saturated carbocycles. The first-order valence-electron chi connectivity index (χ1n) is 9.67. The molecule has 2 rings (SSSR count). The smallest absolute Gasteiger partial charge is 0.317 e. The van der Waals surface area contributed by atoms with Gasteiger partial charge in [0.25, 0.3) is 0 Å². The summed E-state index contributed by atoms with van der Waals surface area (Å²) in [5, 5.41) is 6.64. The lowest BCUT2D eigenvalue weighted by Crippen LogP contribution is -2.52. The van der Waals surface area contributed by atoms with Crippen LogP contribution in [0.3, 0.4) is 0 Å². The molecular weight excluding hydrogens is 400 g/mol.